The molecule has 2 rings (SSSR count). The van der Waals surface area contributed by atoms with Gasteiger partial charge in [0, 0.05) is 19.3 Å². The third kappa shape index (κ3) is 2.81. The van der Waals surface area contributed by atoms with Crippen LogP contribution in [0.4, 0.5) is 5.82 Å². The van der Waals surface area contributed by atoms with Crippen molar-refractivity contribution in [2.45, 2.75) is 6.54 Å². The summed E-state index contributed by atoms with van der Waals surface area (Å²) in [6, 6.07) is 7.91. The van der Waals surface area contributed by atoms with Crippen molar-refractivity contribution in [2.24, 2.45) is 0 Å². The van der Waals surface area contributed by atoms with Crippen molar-refractivity contribution in [1.82, 2.24) is 4.98 Å². The van der Waals surface area contributed by atoms with Crippen LogP contribution in [0.2, 0.25) is 0 Å². The Labute approximate surface area is 99.0 Å². The monoisotopic (exact) mass is 234 g/mol. The van der Waals surface area contributed by atoms with E-state index >= 15 is 0 Å². The van der Waals surface area contributed by atoms with Gasteiger partial charge in [-0.25, -0.2) is 4.98 Å². The van der Waals surface area contributed by atoms with Crippen molar-refractivity contribution in [1.29, 1.82) is 0 Å². The van der Waals surface area contributed by atoms with Crippen LogP contribution in [0, 0.1) is 0 Å². The molecule has 0 aromatic carbocycles. The van der Waals surface area contributed by atoms with Gasteiger partial charge in [0.15, 0.2) is 0 Å². The van der Waals surface area contributed by atoms with Gasteiger partial charge in [-0.05, 0) is 34.5 Å². The molecule has 4 heteroatoms. The van der Waals surface area contributed by atoms with Crippen molar-refractivity contribution in [3.63, 3.8) is 0 Å². The molecular weight excluding hydrogens is 220 g/mol. The van der Waals surface area contributed by atoms with Gasteiger partial charge in [0.1, 0.15) is 5.82 Å². The molecule has 0 bridgehead atoms. The van der Waals surface area contributed by atoms with Crippen molar-refractivity contribution in [2.75, 3.05) is 18.1 Å². The fourth-order valence-electron chi connectivity index (χ4n) is 1.54. The number of aliphatic hydroxyl groups excluding tert-OH is 1. The lowest BCUT2D eigenvalue weighted by Gasteiger charge is -2.22. The fraction of sp³-hybridized carbons (Fsp3) is 0.250. The maximum Gasteiger partial charge on any atom is 0.128 e. The van der Waals surface area contributed by atoms with E-state index < -0.39 is 0 Å². The molecule has 0 fully saturated rings. The van der Waals surface area contributed by atoms with Crippen LogP contribution in [-0.2, 0) is 6.54 Å². The number of pyridine rings is 1. The van der Waals surface area contributed by atoms with E-state index in [0.29, 0.717) is 6.54 Å². The first-order chi connectivity index (χ1) is 7.90. The molecule has 0 unspecified atom stereocenters. The van der Waals surface area contributed by atoms with E-state index in [-0.39, 0.29) is 6.61 Å². The van der Waals surface area contributed by atoms with E-state index in [2.05, 4.69) is 26.7 Å². The van der Waals surface area contributed by atoms with Crippen molar-refractivity contribution in [3.05, 3.63) is 46.8 Å². The second-order valence-corrected chi connectivity index (χ2v) is 4.24. The molecule has 0 saturated carbocycles. The normalized spacial score (nSPS) is 10.3. The Hall–Kier alpha value is -1.39. The first-order valence-corrected chi connectivity index (χ1v) is 6.12. The summed E-state index contributed by atoms with van der Waals surface area (Å²) in [7, 11) is 0. The van der Waals surface area contributed by atoms with E-state index in [1.165, 1.54) is 5.56 Å². The molecule has 2 aromatic heterocycles. The first kappa shape index (κ1) is 11.1. The lowest BCUT2D eigenvalue weighted by atomic mass is 10.3. The summed E-state index contributed by atoms with van der Waals surface area (Å²) in [4.78, 5) is 6.37. The van der Waals surface area contributed by atoms with E-state index in [0.717, 1.165) is 12.4 Å². The van der Waals surface area contributed by atoms with E-state index in [1.54, 1.807) is 17.5 Å². The summed E-state index contributed by atoms with van der Waals surface area (Å²) < 4.78 is 0. The lowest BCUT2D eigenvalue weighted by Crippen LogP contribution is -2.26. The van der Waals surface area contributed by atoms with Gasteiger partial charge in [0.25, 0.3) is 0 Å². The Morgan fingerprint density at radius 2 is 2.25 bits per heavy atom. The summed E-state index contributed by atoms with van der Waals surface area (Å²) in [5.74, 6) is 0.905. The van der Waals surface area contributed by atoms with Crippen LogP contribution < -0.4 is 4.90 Å². The van der Waals surface area contributed by atoms with Gasteiger partial charge < -0.3 is 10.0 Å². The highest BCUT2D eigenvalue weighted by Gasteiger charge is 2.07. The Balaban J connectivity index is 2.11. The van der Waals surface area contributed by atoms with Crippen LogP contribution in [-0.4, -0.2) is 23.2 Å². The van der Waals surface area contributed by atoms with Gasteiger partial charge in [-0.1, -0.05) is 6.07 Å². The SMILES string of the molecule is OCCN(Cc1ccsc1)c1ccccn1. The Kier molecular flexibility index (Phi) is 3.91. The molecule has 0 aliphatic rings. The summed E-state index contributed by atoms with van der Waals surface area (Å²) >= 11 is 1.69. The molecule has 0 aliphatic heterocycles. The molecule has 16 heavy (non-hydrogen) atoms. The second kappa shape index (κ2) is 5.63. The van der Waals surface area contributed by atoms with Crippen LogP contribution in [0.25, 0.3) is 0 Å². The second-order valence-electron chi connectivity index (χ2n) is 3.46. The van der Waals surface area contributed by atoms with Crippen molar-refractivity contribution in [3.8, 4) is 0 Å². The molecule has 0 amide bonds. The standard InChI is InChI=1S/C12H14N2OS/c15-7-6-14(9-11-4-8-16-10-11)12-3-1-2-5-13-12/h1-5,8,10,15H,6-7,9H2. The Morgan fingerprint density at radius 1 is 1.31 bits per heavy atom. The molecule has 2 heterocycles. The molecule has 0 aliphatic carbocycles. The van der Waals surface area contributed by atoms with Crippen LogP contribution in [0.15, 0.2) is 41.2 Å². The maximum absolute atomic E-state index is 9.06. The van der Waals surface area contributed by atoms with Gasteiger partial charge in [-0.15, -0.1) is 0 Å². The number of thiophene rings is 1. The third-order valence-corrected chi connectivity index (χ3v) is 3.03. The predicted octanol–water partition coefficient (Wildman–Crippen LogP) is 2.14. The molecule has 2 aromatic rings. The number of hydrogen-bond donors (Lipinski definition) is 1. The van der Waals surface area contributed by atoms with Crippen molar-refractivity contribution < 1.29 is 5.11 Å². The zero-order valence-electron chi connectivity index (χ0n) is 8.91. The van der Waals surface area contributed by atoms with Crippen LogP contribution in [0.5, 0.6) is 0 Å². The van der Waals surface area contributed by atoms with E-state index in [9.17, 15) is 0 Å². The van der Waals surface area contributed by atoms with E-state index in [4.69, 9.17) is 5.11 Å². The fourth-order valence-corrected chi connectivity index (χ4v) is 2.20. The summed E-state index contributed by atoms with van der Waals surface area (Å²) in [5, 5.41) is 13.2. The molecule has 0 atom stereocenters. The van der Waals surface area contributed by atoms with Gasteiger partial charge in [0.2, 0.25) is 0 Å². The summed E-state index contributed by atoms with van der Waals surface area (Å²) in [6.07, 6.45) is 1.77. The van der Waals surface area contributed by atoms with Crippen LogP contribution >= 0.6 is 11.3 Å². The van der Waals surface area contributed by atoms with Crippen LogP contribution in [0.1, 0.15) is 5.56 Å². The van der Waals surface area contributed by atoms with Crippen molar-refractivity contribution >= 4 is 17.2 Å². The summed E-state index contributed by atoms with van der Waals surface area (Å²) in [6.45, 7) is 1.54. The number of rotatable bonds is 5. The zero-order chi connectivity index (χ0) is 11.2. The molecule has 84 valence electrons. The van der Waals surface area contributed by atoms with E-state index in [1.807, 2.05) is 18.2 Å². The quantitative estimate of drug-likeness (QED) is 0.861. The number of aliphatic hydroxyl groups is 1. The number of aromatic nitrogens is 1. The van der Waals surface area contributed by atoms with Gasteiger partial charge in [-0.3, -0.25) is 0 Å². The van der Waals surface area contributed by atoms with Crippen LogP contribution in [0.3, 0.4) is 0 Å². The zero-order valence-corrected chi connectivity index (χ0v) is 9.73. The molecular formula is C12H14N2OS. The molecule has 0 saturated heterocycles. The number of hydrogen-bond acceptors (Lipinski definition) is 4. The number of nitrogens with zero attached hydrogens (tertiary/aromatic N) is 2. The summed E-state index contributed by atoms with van der Waals surface area (Å²) in [5.41, 5.74) is 1.25. The molecule has 1 N–H and O–H groups in total. The Morgan fingerprint density at radius 3 is 2.88 bits per heavy atom. The molecule has 3 nitrogen and oxygen atoms in total. The van der Waals surface area contributed by atoms with Gasteiger partial charge in [0.05, 0.1) is 6.61 Å². The number of anilines is 1. The molecule has 0 radical (unpaired) electrons. The largest absolute Gasteiger partial charge is 0.395 e. The van der Waals surface area contributed by atoms with Gasteiger partial charge >= 0.3 is 0 Å². The van der Waals surface area contributed by atoms with Gasteiger partial charge in [-0.2, -0.15) is 11.3 Å². The highest BCUT2D eigenvalue weighted by Crippen LogP contribution is 2.15. The highest BCUT2D eigenvalue weighted by atomic mass is 32.1. The predicted molar refractivity (Wildman–Crippen MR) is 66.7 cm³/mol. The average Bonchev–Trinajstić information content (AvgIpc) is 2.83. The minimum absolute atomic E-state index is 0.140. The Bertz CT molecular complexity index is 402. The minimum atomic E-state index is 0.140. The highest BCUT2D eigenvalue weighted by molar-refractivity contribution is 7.07. The smallest absolute Gasteiger partial charge is 0.128 e. The average molecular weight is 234 g/mol. The lowest BCUT2D eigenvalue weighted by molar-refractivity contribution is 0.301. The topological polar surface area (TPSA) is 36.4 Å². The minimum Gasteiger partial charge on any atom is -0.395 e. The first-order valence-electron chi connectivity index (χ1n) is 5.18. The third-order valence-electron chi connectivity index (χ3n) is 2.30. The maximum atomic E-state index is 9.06. The molecule has 0 spiro atoms.